The Morgan fingerprint density at radius 3 is 3.08 bits per heavy atom. The fourth-order valence-corrected chi connectivity index (χ4v) is 0.868. The van der Waals surface area contributed by atoms with Crippen molar-refractivity contribution in [2.75, 3.05) is 0 Å². The molecule has 0 N–H and O–H groups in total. The molecule has 0 amide bonds. The maximum absolute atomic E-state index is 8.55. The highest BCUT2D eigenvalue weighted by atomic mass is 16.3. The van der Waals surface area contributed by atoms with Crippen LogP contribution in [-0.2, 0) is 0 Å². The number of hydrogen-bond acceptors (Lipinski definition) is 5. The summed E-state index contributed by atoms with van der Waals surface area (Å²) in [5.41, 5.74) is 0.224. The van der Waals surface area contributed by atoms with E-state index in [0.717, 1.165) is 0 Å². The third-order valence-electron chi connectivity index (χ3n) is 1.41. The maximum Gasteiger partial charge on any atom is 0.218 e. The van der Waals surface area contributed by atoms with Crippen LogP contribution in [0.2, 0.25) is 0 Å². The third kappa shape index (κ3) is 1.37. The van der Waals surface area contributed by atoms with Gasteiger partial charge < -0.3 is 4.42 Å². The van der Waals surface area contributed by atoms with Gasteiger partial charge in [0.1, 0.15) is 6.07 Å². The zero-order valence-corrected chi connectivity index (χ0v) is 6.51. The van der Waals surface area contributed by atoms with Gasteiger partial charge in [-0.3, -0.25) is 0 Å². The number of hydrogen-bond donors (Lipinski definition) is 0. The van der Waals surface area contributed by atoms with Crippen LogP contribution in [0.15, 0.2) is 29.0 Å². The lowest BCUT2D eigenvalue weighted by atomic mass is 10.4. The van der Waals surface area contributed by atoms with Crippen molar-refractivity contribution >= 4 is 0 Å². The first-order valence-corrected chi connectivity index (χ1v) is 3.54. The number of aromatic nitrogens is 3. The Morgan fingerprint density at radius 1 is 1.46 bits per heavy atom. The molecule has 0 aliphatic heterocycles. The van der Waals surface area contributed by atoms with E-state index < -0.39 is 0 Å². The topological polar surface area (TPSA) is 75.6 Å². The molecule has 0 aliphatic rings. The highest BCUT2D eigenvalue weighted by Gasteiger charge is 2.04. The number of nitriles is 1. The Kier molecular flexibility index (Phi) is 1.73. The van der Waals surface area contributed by atoms with Crippen molar-refractivity contribution in [3.8, 4) is 17.7 Å². The highest BCUT2D eigenvalue weighted by molar-refractivity contribution is 5.45. The van der Waals surface area contributed by atoms with Gasteiger partial charge >= 0.3 is 0 Å². The Bertz CT molecular complexity index is 443. The van der Waals surface area contributed by atoms with E-state index in [2.05, 4.69) is 15.2 Å². The van der Waals surface area contributed by atoms with Gasteiger partial charge in [-0.15, -0.1) is 5.10 Å². The quantitative estimate of drug-likeness (QED) is 0.641. The average molecular weight is 172 g/mol. The van der Waals surface area contributed by atoms with Crippen molar-refractivity contribution in [2.45, 2.75) is 0 Å². The molecule has 0 atom stereocenters. The van der Waals surface area contributed by atoms with E-state index >= 15 is 0 Å². The molecule has 5 nitrogen and oxygen atoms in total. The van der Waals surface area contributed by atoms with Crippen LogP contribution in [0.3, 0.4) is 0 Å². The molecule has 0 bridgehead atoms. The van der Waals surface area contributed by atoms with Crippen molar-refractivity contribution in [1.82, 2.24) is 15.2 Å². The second-order valence-electron chi connectivity index (χ2n) is 2.25. The SMILES string of the molecule is N#Cc1cnnc(-c2ccco2)n1. The molecule has 0 unspecified atom stereocenters. The van der Waals surface area contributed by atoms with Gasteiger partial charge in [-0.1, -0.05) is 0 Å². The molecule has 0 aromatic carbocycles. The van der Waals surface area contributed by atoms with Gasteiger partial charge in [0.15, 0.2) is 11.5 Å². The Hall–Kier alpha value is -2.22. The third-order valence-corrected chi connectivity index (χ3v) is 1.41. The molecule has 2 aromatic rings. The van der Waals surface area contributed by atoms with E-state index in [1.165, 1.54) is 12.5 Å². The van der Waals surface area contributed by atoms with Gasteiger partial charge in [-0.25, -0.2) is 4.98 Å². The molecule has 2 heterocycles. The summed E-state index contributed by atoms with van der Waals surface area (Å²) in [5, 5.41) is 15.9. The molecular formula is C8H4N4O. The van der Waals surface area contributed by atoms with Gasteiger partial charge in [-0.05, 0) is 12.1 Å². The molecule has 0 spiro atoms. The second-order valence-corrected chi connectivity index (χ2v) is 2.25. The first kappa shape index (κ1) is 7.43. The lowest BCUT2D eigenvalue weighted by molar-refractivity contribution is 0.575. The summed E-state index contributed by atoms with van der Waals surface area (Å²) in [5.74, 6) is 0.827. The second kappa shape index (κ2) is 3.03. The van der Waals surface area contributed by atoms with Crippen LogP contribution in [0.1, 0.15) is 5.69 Å². The van der Waals surface area contributed by atoms with Gasteiger partial charge in [0.25, 0.3) is 0 Å². The molecule has 0 saturated heterocycles. The minimum absolute atomic E-state index is 0.224. The van der Waals surface area contributed by atoms with Gasteiger partial charge in [0.2, 0.25) is 5.82 Å². The van der Waals surface area contributed by atoms with Crippen LogP contribution in [0.25, 0.3) is 11.6 Å². The van der Waals surface area contributed by atoms with Gasteiger partial charge in [-0.2, -0.15) is 10.4 Å². The van der Waals surface area contributed by atoms with Crippen molar-refractivity contribution in [2.24, 2.45) is 0 Å². The summed E-state index contributed by atoms with van der Waals surface area (Å²) in [4.78, 5) is 3.91. The smallest absolute Gasteiger partial charge is 0.218 e. The molecule has 0 fully saturated rings. The van der Waals surface area contributed by atoms with Crippen LogP contribution in [0.5, 0.6) is 0 Å². The molecule has 2 rings (SSSR count). The van der Waals surface area contributed by atoms with Crippen LogP contribution >= 0.6 is 0 Å². The predicted octanol–water partition coefficient (Wildman–Crippen LogP) is 1.00. The van der Waals surface area contributed by atoms with Crippen LogP contribution < -0.4 is 0 Å². The van der Waals surface area contributed by atoms with Crippen molar-refractivity contribution in [3.05, 3.63) is 30.3 Å². The predicted molar refractivity (Wildman–Crippen MR) is 42.2 cm³/mol. The van der Waals surface area contributed by atoms with Crippen LogP contribution in [0.4, 0.5) is 0 Å². The number of nitrogens with zero attached hydrogens (tertiary/aromatic N) is 4. The molecule has 62 valence electrons. The summed E-state index contributed by atoms with van der Waals surface area (Å²) in [6.45, 7) is 0. The molecule has 0 aliphatic carbocycles. The van der Waals surface area contributed by atoms with Crippen LogP contribution in [0, 0.1) is 11.3 Å². The van der Waals surface area contributed by atoms with E-state index in [-0.39, 0.29) is 5.69 Å². The zero-order valence-electron chi connectivity index (χ0n) is 6.51. The average Bonchev–Trinajstić information content (AvgIpc) is 2.71. The normalized spacial score (nSPS) is 9.46. The highest BCUT2D eigenvalue weighted by Crippen LogP contribution is 2.13. The molecule has 5 heteroatoms. The summed E-state index contributed by atoms with van der Waals surface area (Å²) < 4.78 is 5.04. The fourth-order valence-electron chi connectivity index (χ4n) is 0.868. The maximum atomic E-state index is 8.55. The Balaban J connectivity index is 2.49. The molecule has 0 radical (unpaired) electrons. The van der Waals surface area contributed by atoms with E-state index in [0.29, 0.717) is 11.6 Å². The minimum Gasteiger partial charge on any atom is -0.461 e. The standard InChI is InChI=1S/C8H4N4O/c9-4-6-5-10-12-8(11-6)7-2-1-3-13-7/h1-3,5H. The Morgan fingerprint density at radius 2 is 2.38 bits per heavy atom. The Labute approximate surface area is 73.7 Å². The molecule has 13 heavy (non-hydrogen) atoms. The van der Waals surface area contributed by atoms with Gasteiger partial charge in [0, 0.05) is 0 Å². The molecular weight excluding hydrogens is 168 g/mol. The minimum atomic E-state index is 0.224. The monoisotopic (exact) mass is 172 g/mol. The first-order valence-electron chi connectivity index (χ1n) is 3.54. The largest absolute Gasteiger partial charge is 0.461 e. The summed E-state index contributed by atoms with van der Waals surface area (Å²) in [6, 6.07) is 5.30. The fraction of sp³-hybridized carbons (Fsp3) is 0. The lowest BCUT2D eigenvalue weighted by Crippen LogP contribution is -1.93. The number of rotatable bonds is 1. The van der Waals surface area contributed by atoms with E-state index in [9.17, 15) is 0 Å². The number of furan rings is 1. The molecule has 2 aromatic heterocycles. The van der Waals surface area contributed by atoms with Crippen molar-refractivity contribution in [3.63, 3.8) is 0 Å². The van der Waals surface area contributed by atoms with Crippen molar-refractivity contribution < 1.29 is 4.42 Å². The van der Waals surface area contributed by atoms with E-state index in [1.807, 2.05) is 6.07 Å². The van der Waals surface area contributed by atoms with Gasteiger partial charge in [0.05, 0.1) is 12.5 Å². The van der Waals surface area contributed by atoms with Crippen LogP contribution in [-0.4, -0.2) is 15.2 Å². The summed E-state index contributed by atoms with van der Waals surface area (Å²) in [7, 11) is 0. The van der Waals surface area contributed by atoms with E-state index in [4.69, 9.17) is 9.68 Å². The summed E-state index contributed by atoms with van der Waals surface area (Å²) >= 11 is 0. The molecule has 0 saturated carbocycles. The van der Waals surface area contributed by atoms with E-state index in [1.54, 1.807) is 12.1 Å². The summed E-state index contributed by atoms with van der Waals surface area (Å²) in [6.07, 6.45) is 2.81. The van der Waals surface area contributed by atoms with Crippen molar-refractivity contribution in [1.29, 1.82) is 5.26 Å². The lowest BCUT2D eigenvalue weighted by Gasteiger charge is -1.92. The zero-order chi connectivity index (χ0) is 9.10. The first-order chi connectivity index (χ1) is 6.40.